The number of nitrogens with zero attached hydrogens (tertiary/aromatic N) is 3. The minimum Gasteiger partial charge on any atom is -0.349 e. The van der Waals surface area contributed by atoms with E-state index in [1.165, 1.54) is 11.3 Å². The van der Waals surface area contributed by atoms with E-state index in [9.17, 15) is 9.59 Å². The minimum atomic E-state index is -0.0223. The number of benzene rings is 1. The number of anilines is 1. The Hall–Kier alpha value is -2.71. The van der Waals surface area contributed by atoms with Crippen molar-refractivity contribution in [1.29, 1.82) is 0 Å². The molecule has 2 amide bonds. The van der Waals surface area contributed by atoms with E-state index < -0.39 is 0 Å². The Balaban J connectivity index is 1.26. The highest BCUT2D eigenvalue weighted by Crippen LogP contribution is 2.27. The second-order valence-electron chi connectivity index (χ2n) is 7.48. The van der Waals surface area contributed by atoms with E-state index in [2.05, 4.69) is 20.6 Å². The Labute approximate surface area is 173 Å². The van der Waals surface area contributed by atoms with Crippen molar-refractivity contribution >= 4 is 39.1 Å². The number of likely N-dealkylation sites (tertiary alicyclic amines) is 1. The van der Waals surface area contributed by atoms with Crippen molar-refractivity contribution in [3.05, 3.63) is 47.0 Å². The molecule has 0 bridgehead atoms. The Morgan fingerprint density at radius 2 is 1.93 bits per heavy atom. The highest BCUT2D eigenvalue weighted by atomic mass is 32.1. The number of aromatic nitrogens is 2. The lowest BCUT2D eigenvalue weighted by atomic mass is 10.0. The highest BCUT2D eigenvalue weighted by Gasteiger charge is 2.23. The van der Waals surface area contributed by atoms with Crippen molar-refractivity contribution in [2.75, 3.05) is 25.0 Å². The van der Waals surface area contributed by atoms with Crippen LogP contribution in [0.15, 0.2) is 36.4 Å². The van der Waals surface area contributed by atoms with Crippen molar-refractivity contribution in [1.82, 2.24) is 20.0 Å². The van der Waals surface area contributed by atoms with Crippen molar-refractivity contribution in [3.8, 4) is 0 Å². The number of rotatable bonds is 5. The third-order valence-corrected chi connectivity index (χ3v) is 6.47. The molecule has 7 nitrogen and oxygen atoms in total. The number of aryl methyl sites for hydroxylation is 2. The molecule has 2 aromatic heterocycles. The summed E-state index contributed by atoms with van der Waals surface area (Å²) in [5.74, 6) is -0.0289. The number of hydrogen-bond acceptors (Lipinski definition) is 5. The number of para-hydroxylation sites is 1. The molecule has 0 radical (unpaired) electrons. The van der Waals surface area contributed by atoms with Crippen LogP contribution >= 0.6 is 11.3 Å². The van der Waals surface area contributed by atoms with E-state index in [0.717, 1.165) is 52.4 Å². The first-order valence-electron chi connectivity index (χ1n) is 9.81. The van der Waals surface area contributed by atoms with Gasteiger partial charge in [0.1, 0.15) is 4.83 Å². The highest BCUT2D eigenvalue weighted by molar-refractivity contribution is 7.20. The van der Waals surface area contributed by atoms with Crippen LogP contribution in [0.3, 0.4) is 0 Å². The molecule has 1 aromatic carbocycles. The standard InChI is InChI=1S/C21H25N5O2S/c1-14-17-12-18(29-21(17)25(2)24-14)20(28)23-16-8-10-26(11-9-16)13-19(27)22-15-6-4-3-5-7-15/h3-7,12,16H,8-11,13H2,1-2H3,(H,22,27)(H,23,28). The van der Waals surface area contributed by atoms with Gasteiger partial charge in [-0.1, -0.05) is 18.2 Å². The quantitative estimate of drug-likeness (QED) is 0.677. The van der Waals surface area contributed by atoms with Gasteiger partial charge in [-0.2, -0.15) is 5.10 Å². The molecule has 3 aromatic rings. The molecule has 29 heavy (non-hydrogen) atoms. The molecule has 152 valence electrons. The molecule has 3 heterocycles. The monoisotopic (exact) mass is 411 g/mol. The molecule has 0 atom stereocenters. The van der Waals surface area contributed by atoms with Crippen molar-refractivity contribution in [2.24, 2.45) is 7.05 Å². The molecule has 4 rings (SSSR count). The summed E-state index contributed by atoms with van der Waals surface area (Å²) < 4.78 is 1.82. The fourth-order valence-electron chi connectivity index (χ4n) is 3.73. The van der Waals surface area contributed by atoms with Gasteiger partial charge in [0.25, 0.3) is 5.91 Å². The number of piperidine rings is 1. The average molecular weight is 412 g/mol. The van der Waals surface area contributed by atoms with E-state index in [1.807, 2.05) is 55.1 Å². The van der Waals surface area contributed by atoms with Crippen LogP contribution in [-0.2, 0) is 11.8 Å². The summed E-state index contributed by atoms with van der Waals surface area (Å²) in [5.41, 5.74) is 1.76. The van der Waals surface area contributed by atoms with E-state index >= 15 is 0 Å². The molecule has 0 aliphatic carbocycles. The normalized spacial score (nSPS) is 15.5. The lowest BCUT2D eigenvalue weighted by Gasteiger charge is -2.31. The zero-order valence-electron chi connectivity index (χ0n) is 16.6. The zero-order valence-corrected chi connectivity index (χ0v) is 17.5. The molecule has 1 fully saturated rings. The van der Waals surface area contributed by atoms with Gasteiger partial charge in [-0.15, -0.1) is 11.3 Å². The van der Waals surface area contributed by atoms with Crippen molar-refractivity contribution in [3.63, 3.8) is 0 Å². The Kier molecular flexibility index (Phi) is 5.64. The van der Waals surface area contributed by atoms with Crippen LogP contribution in [0.25, 0.3) is 10.2 Å². The Morgan fingerprint density at radius 3 is 2.62 bits per heavy atom. The van der Waals surface area contributed by atoms with Gasteiger partial charge in [0.15, 0.2) is 0 Å². The van der Waals surface area contributed by atoms with E-state index in [1.54, 1.807) is 0 Å². The summed E-state index contributed by atoms with van der Waals surface area (Å²) in [6.07, 6.45) is 1.69. The summed E-state index contributed by atoms with van der Waals surface area (Å²) in [6.45, 7) is 3.92. The zero-order chi connectivity index (χ0) is 20.4. The largest absolute Gasteiger partial charge is 0.349 e. The van der Waals surface area contributed by atoms with Gasteiger partial charge in [-0.3, -0.25) is 19.2 Å². The molecule has 8 heteroatoms. The van der Waals surface area contributed by atoms with Crippen LogP contribution in [0, 0.1) is 6.92 Å². The predicted molar refractivity (Wildman–Crippen MR) is 115 cm³/mol. The van der Waals surface area contributed by atoms with Gasteiger partial charge in [0, 0.05) is 37.3 Å². The smallest absolute Gasteiger partial charge is 0.261 e. The summed E-state index contributed by atoms with van der Waals surface area (Å²) in [6, 6.07) is 11.6. The minimum absolute atomic E-state index is 0.00654. The maximum Gasteiger partial charge on any atom is 0.261 e. The average Bonchev–Trinajstić information content (AvgIpc) is 3.26. The SMILES string of the molecule is Cc1nn(C)c2sc(C(=O)NC3CCN(CC(=O)Nc4ccccc4)CC3)cc12. The molecule has 1 aliphatic heterocycles. The number of carbonyl (C=O) groups excluding carboxylic acids is 2. The maximum absolute atomic E-state index is 12.7. The number of amides is 2. The first-order valence-corrected chi connectivity index (χ1v) is 10.6. The van der Waals surface area contributed by atoms with Crippen LogP contribution in [0.2, 0.25) is 0 Å². The topological polar surface area (TPSA) is 79.3 Å². The number of fused-ring (bicyclic) bond motifs is 1. The Morgan fingerprint density at radius 1 is 1.21 bits per heavy atom. The van der Waals surface area contributed by atoms with Crippen LogP contribution in [0.4, 0.5) is 5.69 Å². The molecular weight excluding hydrogens is 386 g/mol. The van der Waals surface area contributed by atoms with Crippen molar-refractivity contribution in [2.45, 2.75) is 25.8 Å². The van der Waals surface area contributed by atoms with E-state index in [4.69, 9.17) is 0 Å². The Bertz CT molecular complexity index is 984. The maximum atomic E-state index is 12.7. The molecule has 2 N–H and O–H groups in total. The molecule has 0 spiro atoms. The molecule has 1 aliphatic rings. The lowest BCUT2D eigenvalue weighted by Crippen LogP contribution is -2.46. The molecule has 0 saturated carbocycles. The number of hydrogen-bond donors (Lipinski definition) is 2. The van der Waals surface area contributed by atoms with Crippen LogP contribution in [0.5, 0.6) is 0 Å². The molecule has 0 unspecified atom stereocenters. The van der Waals surface area contributed by atoms with Crippen LogP contribution in [-0.4, -0.2) is 52.2 Å². The van der Waals surface area contributed by atoms with Crippen LogP contribution < -0.4 is 10.6 Å². The first-order chi connectivity index (χ1) is 14.0. The summed E-state index contributed by atoms with van der Waals surface area (Å²) in [4.78, 5) is 28.7. The molecular formula is C21H25N5O2S. The fraction of sp³-hybridized carbons (Fsp3) is 0.381. The number of carbonyl (C=O) groups is 2. The summed E-state index contributed by atoms with van der Waals surface area (Å²) >= 11 is 1.48. The van der Waals surface area contributed by atoms with E-state index in [-0.39, 0.29) is 17.9 Å². The van der Waals surface area contributed by atoms with Gasteiger partial charge in [-0.25, -0.2) is 0 Å². The van der Waals surface area contributed by atoms with Gasteiger partial charge < -0.3 is 10.6 Å². The van der Waals surface area contributed by atoms with Gasteiger partial charge in [-0.05, 0) is 38.0 Å². The summed E-state index contributed by atoms with van der Waals surface area (Å²) in [5, 5.41) is 11.5. The molecule has 1 saturated heterocycles. The van der Waals surface area contributed by atoms with Gasteiger partial charge >= 0.3 is 0 Å². The third kappa shape index (κ3) is 4.49. The lowest BCUT2D eigenvalue weighted by molar-refractivity contribution is -0.117. The predicted octanol–water partition coefficient (Wildman–Crippen LogP) is 2.78. The first kappa shape index (κ1) is 19.6. The third-order valence-electron chi connectivity index (χ3n) is 5.27. The van der Waals surface area contributed by atoms with E-state index in [0.29, 0.717) is 6.54 Å². The van der Waals surface area contributed by atoms with Gasteiger partial charge in [0.05, 0.1) is 17.1 Å². The summed E-state index contributed by atoms with van der Waals surface area (Å²) in [7, 11) is 1.90. The second kappa shape index (κ2) is 8.34. The second-order valence-corrected chi connectivity index (χ2v) is 8.51. The fourth-order valence-corrected chi connectivity index (χ4v) is 4.76. The van der Waals surface area contributed by atoms with Gasteiger partial charge in [0.2, 0.25) is 5.91 Å². The van der Waals surface area contributed by atoms with Crippen molar-refractivity contribution < 1.29 is 9.59 Å². The number of nitrogens with one attached hydrogen (secondary N) is 2. The number of thiophene rings is 1. The van der Waals surface area contributed by atoms with Crippen LogP contribution in [0.1, 0.15) is 28.2 Å².